The number of ether oxygens (including phenoxy) is 5. The van der Waals surface area contributed by atoms with E-state index in [2.05, 4.69) is 135 Å². The van der Waals surface area contributed by atoms with E-state index in [4.69, 9.17) is 23.7 Å². The number of fused-ring (bicyclic) bond motifs is 16. The Morgan fingerprint density at radius 2 is 0.850 bits per heavy atom. The van der Waals surface area contributed by atoms with Gasteiger partial charge in [0.15, 0.2) is 0 Å². The number of nitrogens with one attached hydrogen (secondary N) is 1. The number of thiophene rings is 2. The van der Waals surface area contributed by atoms with Gasteiger partial charge in [-0.25, -0.2) is 0 Å². The standard InChI is InChI=1S/C49H28B3NO5S2/c1-22-12-32-43-36(13-22)57-46-25-8-4-6-10-41(25)59-48(46)51(43)27-18-28-33(20-31(27)53-32)54-37-14-23(2)15-38-44(37)50(28)29-19-30-35(21-34(29)55-38)56-39-16-24(3)17-40-45(39)52(30)49-47(58-40)26-9-5-7-11-42(26)60-49/h4-21,53H,1-3H3. The molecule has 1 N–H and O–H groups in total. The summed E-state index contributed by atoms with van der Waals surface area (Å²) in [5.41, 5.74) is 13.3. The molecule has 0 saturated carbocycles. The lowest BCUT2D eigenvalue weighted by atomic mass is 9.31. The van der Waals surface area contributed by atoms with Crippen LogP contribution in [0.25, 0.3) is 20.2 Å². The van der Waals surface area contributed by atoms with E-state index < -0.39 is 0 Å². The molecule has 0 aliphatic carbocycles. The molecule has 0 atom stereocenters. The van der Waals surface area contributed by atoms with Gasteiger partial charge in [-0.15, -0.1) is 22.7 Å². The third kappa shape index (κ3) is 4.07. The molecule has 0 unspecified atom stereocenters. The van der Waals surface area contributed by atoms with Crippen LogP contribution in [0, 0.1) is 20.8 Å². The summed E-state index contributed by atoms with van der Waals surface area (Å²) < 4.78 is 39.2. The van der Waals surface area contributed by atoms with Crippen molar-refractivity contribution in [3.63, 3.8) is 0 Å². The van der Waals surface area contributed by atoms with Crippen molar-refractivity contribution in [1.29, 1.82) is 0 Å². The van der Waals surface area contributed by atoms with Crippen molar-refractivity contribution < 1.29 is 23.7 Å². The Morgan fingerprint density at radius 3 is 1.45 bits per heavy atom. The van der Waals surface area contributed by atoms with Gasteiger partial charge in [0, 0.05) is 64.2 Å². The molecule has 11 heteroatoms. The van der Waals surface area contributed by atoms with Crippen molar-refractivity contribution in [2.24, 2.45) is 0 Å². The molecule has 15 rings (SSSR count). The topological polar surface area (TPSA) is 58.2 Å². The van der Waals surface area contributed by atoms with E-state index in [0.717, 1.165) is 124 Å². The van der Waals surface area contributed by atoms with Gasteiger partial charge in [-0.3, -0.25) is 0 Å². The molecule has 0 bridgehead atoms. The first-order valence-electron chi connectivity index (χ1n) is 20.4. The van der Waals surface area contributed by atoms with Crippen molar-refractivity contribution >= 4 is 122 Å². The summed E-state index contributed by atoms with van der Waals surface area (Å²) in [5.74, 6) is 8.61. The van der Waals surface area contributed by atoms with Crippen molar-refractivity contribution in [1.82, 2.24) is 0 Å². The van der Waals surface area contributed by atoms with Crippen LogP contribution in [0.2, 0.25) is 0 Å². The summed E-state index contributed by atoms with van der Waals surface area (Å²) in [6.07, 6.45) is 0. The highest BCUT2D eigenvalue weighted by Gasteiger charge is 2.48. The van der Waals surface area contributed by atoms with Crippen LogP contribution in [-0.2, 0) is 0 Å². The van der Waals surface area contributed by atoms with Gasteiger partial charge in [0.05, 0.1) is 0 Å². The van der Waals surface area contributed by atoms with Crippen LogP contribution >= 0.6 is 22.7 Å². The van der Waals surface area contributed by atoms with E-state index in [-0.39, 0.29) is 20.1 Å². The number of benzene rings is 7. The minimum absolute atomic E-state index is 0.0135. The zero-order valence-corrected chi connectivity index (χ0v) is 34.1. The second kappa shape index (κ2) is 11.0. The Balaban J connectivity index is 0.974. The summed E-state index contributed by atoms with van der Waals surface area (Å²) >= 11 is 3.64. The van der Waals surface area contributed by atoms with Crippen LogP contribution in [0.5, 0.6) is 57.5 Å². The Bertz CT molecular complexity index is 3310. The van der Waals surface area contributed by atoms with Crippen molar-refractivity contribution in [2.45, 2.75) is 20.8 Å². The van der Waals surface area contributed by atoms with Crippen LogP contribution in [0.15, 0.2) is 109 Å². The number of rotatable bonds is 0. The lowest BCUT2D eigenvalue weighted by Gasteiger charge is -2.38. The molecular formula is C49H28B3NO5S2. The molecule has 8 heterocycles. The van der Waals surface area contributed by atoms with Gasteiger partial charge in [-0.2, -0.15) is 0 Å². The minimum Gasteiger partial charge on any atom is -0.458 e. The molecule has 0 fully saturated rings. The first-order valence-corrected chi connectivity index (χ1v) is 22.0. The van der Waals surface area contributed by atoms with E-state index in [9.17, 15) is 0 Å². The van der Waals surface area contributed by atoms with Crippen LogP contribution in [0.1, 0.15) is 16.7 Å². The van der Waals surface area contributed by atoms with Crippen LogP contribution in [0.3, 0.4) is 0 Å². The monoisotopic (exact) mass is 807 g/mol. The Kier molecular flexibility index (Phi) is 5.92. The summed E-state index contributed by atoms with van der Waals surface area (Å²) in [6, 6.07) is 39.3. The molecule has 6 aliphatic rings. The maximum absolute atomic E-state index is 6.96. The molecule has 6 nitrogen and oxygen atoms in total. The van der Waals surface area contributed by atoms with Gasteiger partial charge in [-0.05, 0) is 125 Å². The zero-order valence-electron chi connectivity index (χ0n) is 32.5. The Labute approximate surface area is 353 Å². The summed E-state index contributed by atoms with van der Waals surface area (Å²) in [5, 5.41) is 6.13. The molecule has 0 saturated heterocycles. The van der Waals surface area contributed by atoms with Gasteiger partial charge >= 0.3 is 0 Å². The molecule has 6 aliphatic heterocycles. The molecule has 0 radical (unpaired) electrons. The molecule has 280 valence electrons. The Hall–Kier alpha value is -6.55. The summed E-state index contributed by atoms with van der Waals surface area (Å²) in [6.45, 7) is 6.10. The minimum atomic E-state index is -0.153. The highest BCUT2D eigenvalue weighted by molar-refractivity contribution is 7.33. The van der Waals surface area contributed by atoms with E-state index in [1.807, 2.05) is 22.7 Å². The van der Waals surface area contributed by atoms with Crippen LogP contribution in [0.4, 0.5) is 11.4 Å². The highest BCUT2D eigenvalue weighted by Crippen LogP contribution is 2.45. The van der Waals surface area contributed by atoms with Crippen LogP contribution in [-0.4, -0.2) is 20.1 Å². The Morgan fingerprint density at radius 1 is 0.400 bits per heavy atom. The van der Waals surface area contributed by atoms with Crippen molar-refractivity contribution in [3.05, 3.63) is 126 Å². The second-order valence-electron chi connectivity index (χ2n) is 17.0. The third-order valence-corrected chi connectivity index (χ3v) is 15.7. The van der Waals surface area contributed by atoms with Gasteiger partial charge < -0.3 is 29.0 Å². The predicted molar refractivity (Wildman–Crippen MR) is 248 cm³/mol. The van der Waals surface area contributed by atoms with E-state index in [1.54, 1.807) is 0 Å². The largest absolute Gasteiger partial charge is 0.458 e. The lowest BCUT2D eigenvalue weighted by Crippen LogP contribution is -2.63. The average molecular weight is 807 g/mol. The van der Waals surface area contributed by atoms with Gasteiger partial charge in [0.1, 0.15) is 57.5 Å². The lowest BCUT2D eigenvalue weighted by molar-refractivity contribution is 0.452. The van der Waals surface area contributed by atoms with Crippen molar-refractivity contribution in [3.8, 4) is 57.5 Å². The molecule has 9 aromatic rings. The fourth-order valence-electron chi connectivity index (χ4n) is 10.8. The maximum Gasteiger partial charge on any atom is 0.273 e. The quantitative estimate of drug-likeness (QED) is 0.164. The highest BCUT2D eigenvalue weighted by atomic mass is 32.1. The SMILES string of the molecule is Cc1cc2c3c(c1)Oc1c(sc4ccccc14)B3c1cc3c(cc1N2)Oc1cc(C)cc2c1B3c1cc3c(cc1O2)Oc1cc(C)cc2c1B3c1sc3ccccc3c1O2. The zero-order chi connectivity index (χ0) is 39.3. The van der Waals surface area contributed by atoms with Crippen LogP contribution < -0.4 is 76.8 Å². The van der Waals surface area contributed by atoms with E-state index in [1.165, 1.54) is 29.9 Å². The maximum atomic E-state index is 6.96. The normalized spacial score (nSPS) is 14.6. The number of anilines is 2. The van der Waals surface area contributed by atoms with Gasteiger partial charge in [-0.1, -0.05) is 36.4 Å². The fraction of sp³-hybridized carbons (Fsp3) is 0.0612. The first kappa shape index (κ1) is 32.3. The van der Waals surface area contributed by atoms with Gasteiger partial charge in [0.25, 0.3) is 20.1 Å². The molecule has 7 aromatic carbocycles. The smallest absolute Gasteiger partial charge is 0.273 e. The van der Waals surface area contributed by atoms with Crippen molar-refractivity contribution in [2.75, 3.05) is 5.32 Å². The summed E-state index contributed by atoms with van der Waals surface area (Å²) in [4.78, 5) is 0. The van der Waals surface area contributed by atoms with Gasteiger partial charge in [0.2, 0.25) is 0 Å². The number of hydrogen-bond acceptors (Lipinski definition) is 8. The second-order valence-corrected chi connectivity index (χ2v) is 19.2. The fourth-order valence-corrected chi connectivity index (χ4v) is 13.4. The molecule has 2 aromatic heterocycles. The van der Waals surface area contributed by atoms with E-state index in [0.29, 0.717) is 0 Å². The third-order valence-electron chi connectivity index (χ3n) is 13.2. The molecule has 0 amide bonds. The molecular weight excluding hydrogens is 779 g/mol. The van der Waals surface area contributed by atoms with E-state index >= 15 is 0 Å². The predicted octanol–water partition coefficient (Wildman–Crippen LogP) is 7.18. The molecule has 60 heavy (non-hydrogen) atoms. The number of hydrogen-bond donors (Lipinski definition) is 1. The average Bonchev–Trinajstić information content (AvgIpc) is 3.80. The molecule has 0 spiro atoms. The number of aryl methyl sites for hydroxylation is 3. The first-order chi connectivity index (χ1) is 29.4. The summed E-state index contributed by atoms with van der Waals surface area (Å²) in [7, 11) is 0.